The summed E-state index contributed by atoms with van der Waals surface area (Å²) in [5.74, 6) is 3.37. The minimum absolute atomic E-state index is 0.375. The highest BCUT2D eigenvalue weighted by molar-refractivity contribution is 4.89. The van der Waals surface area contributed by atoms with Gasteiger partial charge in [-0.2, -0.15) is 5.26 Å². The molecule has 2 fully saturated rings. The molecule has 1 heteroatoms. The van der Waals surface area contributed by atoms with Crippen LogP contribution in [0.15, 0.2) is 0 Å². The van der Waals surface area contributed by atoms with E-state index in [1.165, 1.54) is 96.3 Å². The molecular weight excluding hydrogens is 266 g/mol. The first kappa shape index (κ1) is 17.8. The second-order valence-electron chi connectivity index (χ2n) is 8.08. The van der Waals surface area contributed by atoms with Crippen molar-refractivity contribution in [2.45, 2.75) is 103 Å². The van der Waals surface area contributed by atoms with Gasteiger partial charge in [-0.1, -0.05) is 64.7 Å². The molecule has 2 aliphatic carbocycles. The fourth-order valence-electron chi connectivity index (χ4n) is 4.88. The maximum Gasteiger partial charge on any atom is 0.0655 e. The minimum atomic E-state index is 0.375. The van der Waals surface area contributed by atoms with Crippen LogP contribution in [-0.2, 0) is 0 Å². The van der Waals surface area contributed by atoms with Crippen molar-refractivity contribution < 1.29 is 0 Å². The third-order valence-corrected chi connectivity index (χ3v) is 6.48. The molecule has 1 nitrogen and oxygen atoms in total. The largest absolute Gasteiger partial charge is 0.198 e. The predicted molar refractivity (Wildman–Crippen MR) is 94.5 cm³/mol. The van der Waals surface area contributed by atoms with E-state index in [-0.39, 0.29) is 0 Å². The zero-order chi connectivity index (χ0) is 15.6. The van der Waals surface area contributed by atoms with Crippen LogP contribution >= 0.6 is 0 Å². The lowest BCUT2D eigenvalue weighted by Gasteiger charge is -2.36. The van der Waals surface area contributed by atoms with Crippen LogP contribution in [-0.4, -0.2) is 0 Å². The molecule has 0 atom stereocenters. The summed E-state index contributed by atoms with van der Waals surface area (Å²) in [7, 11) is 0. The molecule has 0 aromatic rings. The Balaban J connectivity index is 1.53. The summed E-state index contributed by atoms with van der Waals surface area (Å²) in [6.45, 7) is 2.30. The van der Waals surface area contributed by atoms with Gasteiger partial charge in [0.1, 0.15) is 0 Å². The third-order valence-electron chi connectivity index (χ3n) is 6.48. The Morgan fingerprint density at radius 3 is 1.86 bits per heavy atom. The Kier molecular flexibility index (Phi) is 8.35. The van der Waals surface area contributed by atoms with Gasteiger partial charge in [0.2, 0.25) is 0 Å². The number of unbranched alkanes of at least 4 members (excludes halogenated alkanes) is 5. The van der Waals surface area contributed by atoms with Crippen LogP contribution < -0.4 is 0 Å². The fourth-order valence-corrected chi connectivity index (χ4v) is 4.88. The summed E-state index contributed by atoms with van der Waals surface area (Å²) >= 11 is 0. The van der Waals surface area contributed by atoms with E-state index < -0.39 is 0 Å². The van der Waals surface area contributed by atoms with Gasteiger partial charge < -0.3 is 0 Å². The van der Waals surface area contributed by atoms with E-state index in [4.69, 9.17) is 5.26 Å². The second-order valence-corrected chi connectivity index (χ2v) is 8.08. The molecule has 2 rings (SSSR count). The molecule has 0 bridgehead atoms. The van der Waals surface area contributed by atoms with Gasteiger partial charge in [0.05, 0.1) is 6.07 Å². The molecule has 126 valence electrons. The summed E-state index contributed by atoms with van der Waals surface area (Å²) in [5.41, 5.74) is 0. The maximum atomic E-state index is 9.02. The van der Waals surface area contributed by atoms with Gasteiger partial charge in [0, 0.05) is 5.92 Å². The van der Waals surface area contributed by atoms with Crippen molar-refractivity contribution in [2.24, 2.45) is 23.7 Å². The van der Waals surface area contributed by atoms with Crippen LogP contribution in [0, 0.1) is 35.0 Å². The van der Waals surface area contributed by atoms with Gasteiger partial charge in [-0.3, -0.25) is 0 Å². The van der Waals surface area contributed by atoms with Gasteiger partial charge in [-0.15, -0.1) is 0 Å². The number of hydrogen-bond donors (Lipinski definition) is 0. The van der Waals surface area contributed by atoms with Crippen molar-refractivity contribution in [3.8, 4) is 6.07 Å². The topological polar surface area (TPSA) is 23.8 Å². The molecule has 0 radical (unpaired) electrons. The first-order valence-corrected chi connectivity index (χ1v) is 10.2. The van der Waals surface area contributed by atoms with Crippen LogP contribution in [0.4, 0.5) is 0 Å². The van der Waals surface area contributed by atoms with E-state index in [0.717, 1.165) is 17.8 Å². The first-order chi connectivity index (χ1) is 10.8. The maximum absolute atomic E-state index is 9.02. The molecule has 0 N–H and O–H groups in total. The number of nitriles is 1. The Morgan fingerprint density at radius 2 is 1.27 bits per heavy atom. The normalized spacial score (nSPS) is 32.5. The molecule has 0 saturated heterocycles. The molecule has 0 aliphatic heterocycles. The van der Waals surface area contributed by atoms with E-state index in [2.05, 4.69) is 13.0 Å². The Labute approximate surface area is 138 Å². The van der Waals surface area contributed by atoms with E-state index >= 15 is 0 Å². The first-order valence-electron chi connectivity index (χ1n) is 10.2. The molecular formula is C21H37N. The SMILES string of the molecule is CCCCCCCCC1CCC(C2CCC(C#N)CC2)CC1. The Hall–Kier alpha value is -0.510. The van der Waals surface area contributed by atoms with Crippen molar-refractivity contribution in [3.63, 3.8) is 0 Å². The predicted octanol–water partition coefficient (Wildman–Crippen LogP) is 6.87. The Morgan fingerprint density at radius 1 is 0.727 bits per heavy atom. The minimum Gasteiger partial charge on any atom is -0.198 e. The van der Waals surface area contributed by atoms with Gasteiger partial charge in [0.25, 0.3) is 0 Å². The summed E-state index contributed by atoms with van der Waals surface area (Å²) in [6, 6.07) is 2.48. The lowest BCUT2D eigenvalue weighted by molar-refractivity contribution is 0.152. The lowest BCUT2D eigenvalue weighted by Crippen LogP contribution is -2.25. The van der Waals surface area contributed by atoms with Gasteiger partial charge in [-0.25, -0.2) is 0 Å². The van der Waals surface area contributed by atoms with E-state index in [0.29, 0.717) is 5.92 Å². The third kappa shape index (κ3) is 5.94. The van der Waals surface area contributed by atoms with Crippen LogP contribution in [0.3, 0.4) is 0 Å². The van der Waals surface area contributed by atoms with Crippen molar-refractivity contribution in [2.75, 3.05) is 0 Å². The molecule has 0 aromatic heterocycles. The highest BCUT2D eigenvalue weighted by Crippen LogP contribution is 2.42. The summed E-state index contributed by atoms with van der Waals surface area (Å²) in [4.78, 5) is 0. The van der Waals surface area contributed by atoms with Gasteiger partial charge >= 0.3 is 0 Å². The molecule has 0 spiro atoms. The highest BCUT2D eigenvalue weighted by Gasteiger charge is 2.30. The monoisotopic (exact) mass is 303 g/mol. The van der Waals surface area contributed by atoms with Gasteiger partial charge in [-0.05, 0) is 56.3 Å². The molecule has 0 heterocycles. The van der Waals surface area contributed by atoms with E-state index in [9.17, 15) is 0 Å². The summed E-state index contributed by atoms with van der Waals surface area (Å²) in [6.07, 6.45) is 21.2. The van der Waals surface area contributed by atoms with Crippen molar-refractivity contribution in [3.05, 3.63) is 0 Å². The van der Waals surface area contributed by atoms with Crippen molar-refractivity contribution in [1.29, 1.82) is 5.26 Å². The Bertz CT molecular complexity index is 313. The average molecular weight is 304 g/mol. The molecule has 22 heavy (non-hydrogen) atoms. The van der Waals surface area contributed by atoms with Crippen LogP contribution in [0.2, 0.25) is 0 Å². The van der Waals surface area contributed by atoms with E-state index in [1.807, 2.05) is 0 Å². The average Bonchev–Trinajstić information content (AvgIpc) is 2.59. The fraction of sp³-hybridized carbons (Fsp3) is 0.952. The van der Waals surface area contributed by atoms with Gasteiger partial charge in [0.15, 0.2) is 0 Å². The quantitative estimate of drug-likeness (QED) is 0.449. The van der Waals surface area contributed by atoms with Crippen molar-refractivity contribution >= 4 is 0 Å². The molecule has 2 aliphatic rings. The zero-order valence-electron chi connectivity index (χ0n) is 14.9. The standard InChI is InChI=1S/C21H37N/c1-2-3-4-5-6-7-8-18-9-13-20(14-10-18)21-15-11-19(17-22)12-16-21/h18-21H,2-16H2,1H3. The molecule has 0 aromatic carbocycles. The number of rotatable bonds is 8. The smallest absolute Gasteiger partial charge is 0.0655 e. The summed E-state index contributed by atoms with van der Waals surface area (Å²) in [5, 5.41) is 9.02. The highest BCUT2D eigenvalue weighted by atomic mass is 14.4. The lowest BCUT2D eigenvalue weighted by atomic mass is 9.69. The summed E-state index contributed by atoms with van der Waals surface area (Å²) < 4.78 is 0. The van der Waals surface area contributed by atoms with E-state index in [1.54, 1.807) is 0 Å². The van der Waals surface area contributed by atoms with Crippen LogP contribution in [0.1, 0.15) is 103 Å². The zero-order valence-corrected chi connectivity index (χ0v) is 14.9. The number of nitrogens with zero attached hydrogens (tertiary/aromatic N) is 1. The number of hydrogen-bond acceptors (Lipinski definition) is 1. The second kappa shape index (κ2) is 10.3. The van der Waals surface area contributed by atoms with Crippen LogP contribution in [0.5, 0.6) is 0 Å². The van der Waals surface area contributed by atoms with Crippen molar-refractivity contribution in [1.82, 2.24) is 0 Å². The molecule has 2 saturated carbocycles. The van der Waals surface area contributed by atoms with Crippen LogP contribution in [0.25, 0.3) is 0 Å². The molecule has 0 unspecified atom stereocenters. The molecule has 0 amide bonds.